The number of allylic oxidation sites excluding steroid dienone is 4. The predicted octanol–water partition coefficient (Wildman–Crippen LogP) is 6.25. The molecule has 1 atom stereocenters. The Kier molecular flexibility index (Phi) is 8.32. The third-order valence-electron chi connectivity index (χ3n) is 4.33. The van der Waals surface area contributed by atoms with Gasteiger partial charge in [-0.15, -0.1) is 66.8 Å². The molecule has 24 heavy (non-hydrogen) atoms. The molecule has 0 saturated heterocycles. The molecule has 2 aliphatic carbocycles. The number of hydrogen-bond acceptors (Lipinski definition) is 0. The third-order valence-corrected chi connectivity index (χ3v) is 5.62. The van der Waals surface area contributed by atoms with E-state index >= 15 is 0 Å². The molecule has 0 aliphatic heterocycles. The molecule has 2 aliphatic rings. The fraction of sp³-hybridized carbons (Fsp3) is 0.300. The fourth-order valence-corrected chi connectivity index (χ4v) is 3.85. The van der Waals surface area contributed by atoms with E-state index in [0.29, 0.717) is 0 Å². The molecule has 0 radical (unpaired) electrons. The van der Waals surface area contributed by atoms with E-state index in [1.165, 1.54) is 35.3 Å². The Morgan fingerprint density at radius 2 is 1.96 bits per heavy atom. The summed E-state index contributed by atoms with van der Waals surface area (Å²) in [4.78, 5) is 0. The van der Waals surface area contributed by atoms with Crippen LogP contribution in [0.25, 0.3) is 10.8 Å². The Hall–Kier alpha value is -0.816. The van der Waals surface area contributed by atoms with Gasteiger partial charge >= 0.3 is 26.4 Å². The van der Waals surface area contributed by atoms with Crippen molar-refractivity contribution in [3.05, 3.63) is 66.6 Å². The summed E-state index contributed by atoms with van der Waals surface area (Å²) >= 11 is -2.50. The average Bonchev–Trinajstić information content (AvgIpc) is 3.23. The molecule has 0 bridgehead atoms. The van der Waals surface area contributed by atoms with E-state index in [1.54, 1.807) is 5.57 Å². The zero-order valence-electron chi connectivity index (χ0n) is 14.2. The standard InChI is InChI=1S/C11H12P.C9H11.2FH.Ti/c1-12(2)11-7-9-5-3-4-6-10(9)8-11;1-2-5-9-7-3-6-8(9)4-1;;;/h3-8H,1-2H3;1-2,4,6,9H,3,5,7H2;2*1H;/q2*-1;;;+2/p-2. The van der Waals surface area contributed by atoms with Gasteiger partial charge in [0.15, 0.2) is 0 Å². The van der Waals surface area contributed by atoms with Gasteiger partial charge in [-0.2, -0.15) is 6.07 Å². The van der Waals surface area contributed by atoms with Crippen LogP contribution in [-0.4, -0.2) is 13.3 Å². The summed E-state index contributed by atoms with van der Waals surface area (Å²) in [7, 11) is 0.0576. The molecule has 2 aromatic rings. The minimum absolute atomic E-state index is 0.0576. The van der Waals surface area contributed by atoms with Gasteiger partial charge in [-0.05, 0) is 25.7 Å². The fourth-order valence-electron chi connectivity index (χ4n) is 3.06. The first-order valence-corrected chi connectivity index (χ1v) is 11.6. The molecular weight excluding hydrogens is 357 g/mol. The molecule has 0 nitrogen and oxygen atoms in total. The summed E-state index contributed by atoms with van der Waals surface area (Å²) in [5, 5.41) is 4.26. The Labute approximate surface area is 155 Å². The zero-order valence-corrected chi connectivity index (χ0v) is 16.6. The van der Waals surface area contributed by atoms with Crippen LogP contribution >= 0.6 is 7.92 Å². The van der Waals surface area contributed by atoms with Gasteiger partial charge in [-0.25, -0.2) is 18.1 Å². The summed E-state index contributed by atoms with van der Waals surface area (Å²) in [6, 6.07) is 13.2. The Morgan fingerprint density at radius 1 is 1.21 bits per heavy atom. The normalized spacial score (nSPS) is 17.9. The van der Waals surface area contributed by atoms with Crippen LogP contribution in [0, 0.1) is 12.3 Å². The van der Waals surface area contributed by atoms with Crippen molar-refractivity contribution < 1.29 is 26.4 Å². The van der Waals surface area contributed by atoms with Crippen molar-refractivity contribution in [3.8, 4) is 0 Å². The Bertz CT molecular complexity index is 655. The van der Waals surface area contributed by atoms with E-state index in [-0.39, 0.29) is 7.92 Å². The quantitative estimate of drug-likeness (QED) is 0.312. The van der Waals surface area contributed by atoms with Crippen molar-refractivity contribution in [2.45, 2.75) is 19.3 Å². The predicted molar refractivity (Wildman–Crippen MR) is 99.0 cm³/mol. The number of hydrogen-bond donors (Lipinski definition) is 0. The Balaban J connectivity index is 0.000000154. The van der Waals surface area contributed by atoms with Crippen molar-refractivity contribution in [3.63, 3.8) is 0 Å². The van der Waals surface area contributed by atoms with E-state index in [9.17, 15) is 6.18 Å². The summed E-state index contributed by atoms with van der Waals surface area (Å²) in [6.07, 6.45) is 13.0. The number of halogens is 2. The van der Waals surface area contributed by atoms with Crippen LogP contribution in [-0.2, 0) is 20.2 Å². The summed E-state index contributed by atoms with van der Waals surface area (Å²) in [5.41, 5.74) is 1.58. The first-order chi connectivity index (χ1) is 11.7. The van der Waals surface area contributed by atoms with Crippen molar-refractivity contribution in [2.75, 3.05) is 13.3 Å². The van der Waals surface area contributed by atoms with Crippen molar-refractivity contribution in [2.24, 2.45) is 5.92 Å². The molecule has 0 spiro atoms. The molecule has 1 fully saturated rings. The van der Waals surface area contributed by atoms with Gasteiger partial charge in [0.05, 0.1) is 0 Å². The molecule has 1 saturated carbocycles. The van der Waals surface area contributed by atoms with E-state index < -0.39 is 20.2 Å². The Morgan fingerprint density at radius 3 is 2.62 bits per heavy atom. The van der Waals surface area contributed by atoms with Crippen LogP contribution in [0.5, 0.6) is 0 Å². The van der Waals surface area contributed by atoms with Gasteiger partial charge in [-0.3, -0.25) is 0 Å². The second kappa shape index (κ2) is 10.2. The maximum absolute atomic E-state index is 9.75. The molecule has 128 valence electrons. The van der Waals surface area contributed by atoms with Crippen LogP contribution < -0.4 is 5.30 Å². The van der Waals surface area contributed by atoms with Gasteiger partial charge in [0.2, 0.25) is 0 Å². The molecule has 2 aromatic carbocycles. The average molecular weight is 380 g/mol. The SMILES string of the molecule is C1=CCC2CC[CH-]C2=C1.CP(C)c1cc2ccccc2[cH-]1.[F][Ti][F]. The van der Waals surface area contributed by atoms with Crippen LogP contribution in [0.2, 0.25) is 0 Å². The molecule has 4 heteroatoms. The molecular formula is C20H23F2PTi-2. The molecule has 1 unspecified atom stereocenters. The first-order valence-electron chi connectivity index (χ1n) is 8.14. The van der Waals surface area contributed by atoms with Crippen molar-refractivity contribution >= 4 is 24.0 Å². The maximum atomic E-state index is 9.75. The zero-order chi connectivity index (χ0) is 17.4. The summed E-state index contributed by atoms with van der Waals surface area (Å²) in [5.74, 6) is 0.884. The van der Waals surface area contributed by atoms with E-state index in [2.05, 4.69) is 74.4 Å². The molecule has 4 rings (SSSR count). The van der Waals surface area contributed by atoms with E-state index in [1.807, 2.05) is 0 Å². The van der Waals surface area contributed by atoms with E-state index in [0.717, 1.165) is 5.92 Å². The van der Waals surface area contributed by atoms with Crippen LogP contribution in [0.3, 0.4) is 0 Å². The van der Waals surface area contributed by atoms with Gasteiger partial charge < -0.3 is 0 Å². The number of fused-ring (bicyclic) bond motifs is 2. The van der Waals surface area contributed by atoms with Crippen LogP contribution in [0.15, 0.2) is 60.2 Å². The molecule has 0 amide bonds. The monoisotopic (exact) mass is 380 g/mol. The molecule has 0 heterocycles. The summed E-state index contributed by atoms with van der Waals surface area (Å²) in [6.45, 7) is 4.59. The number of rotatable bonds is 1. The van der Waals surface area contributed by atoms with Crippen LogP contribution in [0.4, 0.5) is 6.18 Å². The minimum atomic E-state index is -2.50. The van der Waals surface area contributed by atoms with Gasteiger partial charge in [0, 0.05) is 0 Å². The third kappa shape index (κ3) is 5.62. The summed E-state index contributed by atoms with van der Waals surface area (Å²) < 4.78 is 19.5. The van der Waals surface area contributed by atoms with Gasteiger partial charge in [-0.1, -0.05) is 12.5 Å². The van der Waals surface area contributed by atoms with E-state index in [4.69, 9.17) is 0 Å². The molecule has 0 aromatic heterocycles. The van der Waals surface area contributed by atoms with Crippen molar-refractivity contribution in [1.82, 2.24) is 0 Å². The second-order valence-corrected chi connectivity index (χ2v) is 8.65. The van der Waals surface area contributed by atoms with Gasteiger partial charge in [0.25, 0.3) is 0 Å². The topological polar surface area (TPSA) is 0 Å². The molecule has 0 N–H and O–H groups in total. The first kappa shape index (κ1) is 19.5. The second-order valence-electron chi connectivity index (χ2n) is 6.12. The van der Waals surface area contributed by atoms with Crippen molar-refractivity contribution in [1.29, 1.82) is 0 Å². The number of benzene rings is 1. The van der Waals surface area contributed by atoms with Crippen LogP contribution in [0.1, 0.15) is 19.3 Å². The van der Waals surface area contributed by atoms with Gasteiger partial charge in [0.1, 0.15) is 0 Å².